The highest BCUT2D eigenvalue weighted by Crippen LogP contribution is 2.48. The number of esters is 1. The first-order valence-corrected chi connectivity index (χ1v) is 11.4. The second-order valence-electron chi connectivity index (χ2n) is 8.53. The van der Waals surface area contributed by atoms with Crippen LogP contribution in [0.1, 0.15) is 29.3 Å². The summed E-state index contributed by atoms with van der Waals surface area (Å²) in [6.45, 7) is 8.65. The second kappa shape index (κ2) is 10.1. The number of ether oxygens (including phenoxy) is 3. The summed E-state index contributed by atoms with van der Waals surface area (Å²) < 4.78 is 15.4. The highest BCUT2D eigenvalue weighted by Gasteiger charge is 2.58. The average Bonchev–Trinajstić information content (AvgIpc) is 3.20. The molecule has 0 radical (unpaired) electrons. The molecular formula is C27H26N2O7. The van der Waals surface area contributed by atoms with Crippen LogP contribution < -0.4 is 5.73 Å². The third kappa shape index (κ3) is 4.47. The lowest BCUT2D eigenvalue weighted by Crippen LogP contribution is -2.62. The van der Waals surface area contributed by atoms with Crippen molar-refractivity contribution in [2.75, 3.05) is 13.2 Å². The van der Waals surface area contributed by atoms with Gasteiger partial charge in [0.15, 0.2) is 0 Å². The molecule has 36 heavy (non-hydrogen) atoms. The molecule has 1 fully saturated rings. The van der Waals surface area contributed by atoms with Crippen molar-refractivity contribution in [1.82, 2.24) is 4.90 Å². The van der Waals surface area contributed by atoms with E-state index >= 15 is 0 Å². The van der Waals surface area contributed by atoms with Gasteiger partial charge in [0.05, 0.1) is 12.0 Å². The predicted molar refractivity (Wildman–Crippen MR) is 131 cm³/mol. The van der Waals surface area contributed by atoms with Gasteiger partial charge in [0, 0.05) is 5.56 Å². The Morgan fingerprint density at radius 2 is 1.75 bits per heavy atom. The molecule has 0 unspecified atom stereocenters. The molecule has 2 aliphatic rings. The van der Waals surface area contributed by atoms with E-state index in [1.165, 1.54) is 17.1 Å². The largest absolute Gasteiger partial charge is 0.508 e. The van der Waals surface area contributed by atoms with Crippen molar-refractivity contribution in [2.45, 2.75) is 25.5 Å². The lowest BCUT2D eigenvalue weighted by Gasteiger charge is -2.45. The van der Waals surface area contributed by atoms with Crippen LogP contribution in [0, 0.1) is 5.92 Å². The number of carbonyl (C=O) groups is 4. The van der Waals surface area contributed by atoms with Gasteiger partial charge in [-0.3, -0.25) is 9.59 Å². The highest BCUT2D eigenvalue weighted by atomic mass is 16.7. The van der Waals surface area contributed by atoms with E-state index in [1.807, 2.05) is 18.2 Å². The number of nitrogens with two attached hydrogens (primary N) is 1. The van der Waals surface area contributed by atoms with Crippen LogP contribution in [0.15, 0.2) is 67.4 Å². The summed E-state index contributed by atoms with van der Waals surface area (Å²) in [5.74, 6) is -2.14. The van der Waals surface area contributed by atoms with E-state index in [0.717, 1.165) is 16.3 Å². The molecule has 1 saturated heterocycles. The molecule has 0 aliphatic carbocycles. The first kappa shape index (κ1) is 24.7. The maximum Gasteiger partial charge on any atom is 0.508 e. The molecule has 9 nitrogen and oxygen atoms in total. The smallest absolute Gasteiger partial charge is 0.457 e. The van der Waals surface area contributed by atoms with E-state index in [1.54, 1.807) is 25.1 Å². The van der Waals surface area contributed by atoms with Crippen molar-refractivity contribution in [2.24, 2.45) is 11.7 Å². The van der Waals surface area contributed by atoms with Gasteiger partial charge >= 0.3 is 12.1 Å². The van der Waals surface area contributed by atoms with Crippen molar-refractivity contribution in [3.63, 3.8) is 0 Å². The third-order valence-corrected chi connectivity index (χ3v) is 6.31. The van der Waals surface area contributed by atoms with E-state index < -0.39 is 30.1 Å². The number of amides is 2. The molecule has 0 bridgehead atoms. The van der Waals surface area contributed by atoms with Crippen molar-refractivity contribution in [1.29, 1.82) is 0 Å². The Bertz CT molecular complexity index is 1310. The Morgan fingerprint density at radius 3 is 2.44 bits per heavy atom. The van der Waals surface area contributed by atoms with Gasteiger partial charge in [0.1, 0.15) is 25.0 Å². The SMILES string of the molecule is C=CCOC(=O)O[C@H](C)[C@H]1C(=O)N2C(C(=O)OCC=C)=C(c3ccc4cc(C(N)=O)ccc4c3)C[C@H]12. The fourth-order valence-corrected chi connectivity index (χ4v) is 4.68. The normalized spacial score (nSPS) is 19.2. The van der Waals surface area contributed by atoms with E-state index in [-0.39, 0.29) is 30.9 Å². The number of hydrogen-bond donors (Lipinski definition) is 1. The number of nitrogens with zero attached hydrogens (tertiary/aromatic N) is 1. The molecule has 0 aromatic heterocycles. The number of primary amides is 1. The van der Waals surface area contributed by atoms with Crippen LogP contribution in [0.2, 0.25) is 0 Å². The van der Waals surface area contributed by atoms with Crippen molar-refractivity contribution < 1.29 is 33.4 Å². The zero-order valence-corrected chi connectivity index (χ0v) is 19.8. The predicted octanol–water partition coefficient (Wildman–Crippen LogP) is 3.34. The molecule has 9 heteroatoms. The summed E-state index contributed by atoms with van der Waals surface area (Å²) in [7, 11) is 0. The van der Waals surface area contributed by atoms with Crippen molar-refractivity contribution in [3.8, 4) is 0 Å². The Labute approximate surface area is 207 Å². The Morgan fingerprint density at radius 1 is 1.08 bits per heavy atom. The molecule has 0 spiro atoms. The monoisotopic (exact) mass is 490 g/mol. The summed E-state index contributed by atoms with van der Waals surface area (Å²) in [6.07, 6.45) is 1.58. The zero-order valence-electron chi connectivity index (χ0n) is 19.8. The molecule has 2 N–H and O–H groups in total. The molecule has 2 aromatic rings. The van der Waals surface area contributed by atoms with Gasteiger partial charge < -0.3 is 24.8 Å². The second-order valence-corrected chi connectivity index (χ2v) is 8.53. The first-order chi connectivity index (χ1) is 17.3. The van der Waals surface area contributed by atoms with Gasteiger partial charge in [-0.2, -0.15) is 0 Å². The Kier molecular flexibility index (Phi) is 6.91. The fourth-order valence-electron chi connectivity index (χ4n) is 4.68. The number of rotatable bonds is 9. The first-order valence-electron chi connectivity index (χ1n) is 11.4. The molecule has 186 valence electrons. The zero-order chi connectivity index (χ0) is 26.0. The van der Waals surface area contributed by atoms with Gasteiger partial charge in [-0.05, 0) is 53.5 Å². The lowest BCUT2D eigenvalue weighted by molar-refractivity contribution is -0.162. The summed E-state index contributed by atoms with van der Waals surface area (Å²) in [4.78, 5) is 50.9. The van der Waals surface area contributed by atoms with Gasteiger partial charge in [0.2, 0.25) is 11.8 Å². The van der Waals surface area contributed by atoms with Crippen LogP contribution in [0.3, 0.4) is 0 Å². The number of β-lactam (4-membered cyclic amide) rings is 1. The van der Waals surface area contributed by atoms with Gasteiger partial charge in [0.25, 0.3) is 0 Å². The van der Waals surface area contributed by atoms with E-state index in [9.17, 15) is 19.2 Å². The molecule has 4 rings (SSSR count). The molecule has 3 atom stereocenters. The van der Waals surface area contributed by atoms with E-state index in [2.05, 4.69) is 13.2 Å². The molecule has 0 saturated carbocycles. The number of hydrogen-bond acceptors (Lipinski definition) is 7. The minimum absolute atomic E-state index is 0.00594. The maximum atomic E-state index is 13.1. The molecule has 2 heterocycles. The average molecular weight is 491 g/mol. The van der Waals surface area contributed by atoms with Gasteiger partial charge in [-0.15, -0.1) is 0 Å². The van der Waals surface area contributed by atoms with E-state index in [0.29, 0.717) is 17.6 Å². The third-order valence-electron chi connectivity index (χ3n) is 6.31. The standard InChI is InChI=1S/C27H26N2O7/c1-4-10-34-26(32)23-20(18-8-6-17-13-19(24(28)30)9-7-16(17)12-18)14-21-22(25(31)29(21)23)15(3)36-27(33)35-11-5-2/h4-9,12-13,15,21-22H,1-2,10-11,14H2,3H3,(H2,28,30)/t15-,21-,22-/m1/s1. The maximum absolute atomic E-state index is 13.1. The Hall–Kier alpha value is -4.40. The van der Waals surface area contributed by atoms with Crippen LogP contribution in [0.25, 0.3) is 16.3 Å². The molecule has 2 amide bonds. The number of benzene rings is 2. The molecule has 2 aromatic carbocycles. The van der Waals surface area contributed by atoms with Gasteiger partial charge in [-0.25, -0.2) is 9.59 Å². The summed E-state index contributed by atoms with van der Waals surface area (Å²) in [6, 6.07) is 10.3. The highest BCUT2D eigenvalue weighted by molar-refractivity contribution is 6.07. The van der Waals surface area contributed by atoms with Crippen molar-refractivity contribution >= 4 is 40.3 Å². The van der Waals surface area contributed by atoms with Crippen LogP contribution >= 0.6 is 0 Å². The minimum atomic E-state index is -0.893. The molecular weight excluding hydrogens is 464 g/mol. The summed E-state index contributed by atoms with van der Waals surface area (Å²) in [5, 5.41) is 1.64. The lowest BCUT2D eigenvalue weighted by atomic mass is 9.82. The van der Waals surface area contributed by atoms with E-state index in [4.69, 9.17) is 19.9 Å². The fraction of sp³-hybridized carbons (Fsp3) is 0.259. The topological polar surface area (TPSA) is 125 Å². The van der Waals surface area contributed by atoms with Crippen LogP contribution in [-0.2, 0) is 23.8 Å². The van der Waals surface area contributed by atoms with Crippen LogP contribution in [0.5, 0.6) is 0 Å². The van der Waals surface area contributed by atoms with Crippen molar-refractivity contribution in [3.05, 3.63) is 78.5 Å². The Balaban J connectivity index is 1.65. The number of carbonyl (C=O) groups excluding carboxylic acids is 4. The summed E-state index contributed by atoms with van der Waals surface area (Å²) in [5.41, 5.74) is 7.32. The van der Waals surface area contributed by atoms with Crippen LogP contribution in [0.4, 0.5) is 4.79 Å². The van der Waals surface area contributed by atoms with Gasteiger partial charge in [-0.1, -0.05) is 43.5 Å². The quantitative estimate of drug-likeness (QED) is 0.325. The number of fused-ring (bicyclic) bond motifs is 2. The minimum Gasteiger partial charge on any atom is -0.457 e. The molecule has 2 aliphatic heterocycles. The summed E-state index contributed by atoms with van der Waals surface area (Å²) >= 11 is 0. The van der Waals surface area contributed by atoms with Crippen LogP contribution in [-0.4, -0.2) is 54.2 Å².